The van der Waals surface area contributed by atoms with Crippen LogP contribution in [0.1, 0.15) is 10.4 Å². The molecule has 2 aromatic rings. The Bertz CT molecular complexity index is 502. The maximum absolute atomic E-state index is 11.9. The van der Waals surface area contributed by atoms with E-state index in [1.165, 1.54) is 11.8 Å². The molecule has 0 spiro atoms. The van der Waals surface area contributed by atoms with Crippen LogP contribution in [0, 0.1) is 0 Å². The molecule has 0 aliphatic carbocycles. The molecule has 4 heteroatoms. The fraction of sp³-hybridized carbons (Fsp3) is 0.0769. The van der Waals surface area contributed by atoms with Gasteiger partial charge in [-0.25, -0.2) is 0 Å². The third-order valence-electron chi connectivity index (χ3n) is 2.21. The van der Waals surface area contributed by atoms with Gasteiger partial charge in [0.2, 0.25) is 10.1 Å². The summed E-state index contributed by atoms with van der Waals surface area (Å²) in [6, 6.07) is 15.1. The lowest BCUT2D eigenvalue weighted by Gasteiger charge is -1.98. The molecule has 0 bridgehead atoms. The van der Waals surface area contributed by atoms with Gasteiger partial charge in [0.15, 0.2) is 6.20 Å². The van der Waals surface area contributed by atoms with Gasteiger partial charge in [0, 0.05) is 29.5 Å². The van der Waals surface area contributed by atoms with Crippen molar-refractivity contribution in [3.63, 3.8) is 0 Å². The highest BCUT2D eigenvalue weighted by Crippen LogP contribution is 2.18. The first-order valence-corrected chi connectivity index (χ1v) is 5.81. The highest BCUT2D eigenvalue weighted by atomic mass is 35.5. The van der Waals surface area contributed by atoms with Crippen molar-refractivity contribution >= 4 is 16.9 Å². The first-order chi connectivity index (χ1) is 7.77. The number of pyridine rings is 1. The van der Waals surface area contributed by atoms with Crippen LogP contribution in [-0.4, -0.2) is 5.12 Å². The van der Waals surface area contributed by atoms with Crippen LogP contribution in [0.25, 0.3) is 0 Å². The molecule has 0 atom stereocenters. The molecule has 0 saturated carbocycles. The summed E-state index contributed by atoms with van der Waals surface area (Å²) in [5.74, 6) is 0. The minimum Gasteiger partial charge on any atom is -1.00 e. The van der Waals surface area contributed by atoms with E-state index in [9.17, 15) is 4.79 Å². The summed E-state index contributed by atoms with van der Waals surface area (Å²) in [5.41, 5.74) is 0.733. The predicted molar refractivity (Wildman–Crippen MR) is 64.2 cm³/mol. The summed E-state index contributed by atoms with van der Waals surface area (Å²) in [6.45, 7) is 0. The number of carbonyl (C=O) groups is 1. The summed E-state index contributed by atoms with van der Waals surface area (Å²) >= 11 is 1.25. The quantitative estimate of drug-likeness (QED) is 0.537. The van der Waals surface area contributed by atoms with E-state index in [4.69, 9.17) is 0 Å². The molecule has 0 N–H and O–H groups in total. The van der Waals surface area contributed by atoms with E-state index in [0.29, 0.717) is 0 Å². The average Bonchev–Trinajstić information content (AvgIpc) is 2.33. The molecule has 1 aromatic carbocycles. The van der Waals surface area contributed by atoms with Crippen LogP contribution in [0.15, 0.2) is 59.8 Å². The average molecular weight is 266 g/mol. The van der Waals surface area contributed by atoms with Crippen LogP contribution >= 0.6 is 11.8 Å². The third-order valence-corrected chi connectivity index (χ3v) is 3.27. The van der Waals surface area contributed by atoms with Crippen molar-refractivity contribution in [3.8, 4) is 0 Å². The molecule has 0 aliphatic heterocycles. The van der Waals surface area contributed by atoms with E-state index in [1.807, 2.05) is 66.3 Å². The highest BCUT2D eigenvalue weighted by Gasteiger charge is 2.13. The van der Waals surface area contributed by atoms with E-state index in [2.05, 4.69) is 0 Å². The van der Waals surface area contributed by atoms with Gasteiger partial charge in [-0.2, -0.15) is 4.57 Å². The number of benzene rings is 1. The first-order valence-electron chi connectivity index (χ1n) is 4.99. The maximum atomic E-state index is 11.9. The van der Waals surface area contributed by atoms with Gasteiger partial charge in [-0.15, -0.1) is 0 Å². The highest BCUT2D eigenvalue weighted by molar-refractivity contribution is 8.14. The molecule has 0 unspecified atom stereocenters. The van der Waals surface area contributed by atoms with E-state index < -0.39 is 0 Å². The lowest BCUT2D eigenvalue weighted by Crippen LogP contribution is -3.00. The van der Waals surface area contributed by atoms with Crippen molar-refractivity contribution < 1.29 is 21.8 Å². The van der Waals surface area contributed by atoms with Gasteiger partial charge in [-0.05, 0) is 6.07 Å². The zero-order valence-corrected chi connectivity index (χ0v) is 10.9. The molecule has 0 aliphatic rings. The summed E-state index contributed by atoms with van der Waals surface area (Å²) in [5, 5.41) is 1.01. The second-order valence-corrected chi connectivity index (χ2v) is 4.40. The normalized spacial score (nSPS) is 9.47. The third kappa shape index (κ3) is 3.58. The fourth-order valence-corrected chi connectivity index (χ4v) is 2.14. The number of nitrogens with zero attached hydrogens (tertiary/aromatic N) is 1. The molecule has 1 aromatic heterocycles. The fourth-order valence-electron chi connectivity index (χ4n) is 1.34. The van der Waals surface area contributed by atoms with Crippen LogP contribution in [0.5, 0.6) is 0 Å². The standard InChI is InChI=1S/C13H12NOS.ClH/c1-14-10-6-5-9-12(14)16-13(15)11-7-3-2-4-8-11;/h2-10H,1H3;1H/q+1;/p-1. The van der Waals surface area contributed by atoms with Crippen LogP contribution in [0.2, 0.25) is 0 Å². The first kappa shape index (κ1) is 13.7. The molecular weight excluding hydrogens is 254 g/mol. The van der Waals surface area contributed by atoms with Gasteiger partial charge < -0.3 is 12.4 Å². The summed E-state index contributed by atoms with van der Waals surface area (Å²) in [4.78, 5) is 11.9. The second kappa shape index (κ2) is 6.42. The van der Waals surface area contributed by atoms with Crippen molar-refractivity contribution in [2.75, 3.05) is 0 Å². The maximum Gasteiger partial charge on any atom is 0.247 e. The van der Waals surface area contributed by atoms with Crippen LogP contribution in [-0.2, 0) is 7.05 Å². The Labute approximate surface area is 111 Å². The van der Waals surface area contributed by atoms with Crippen molar-refractivity contribution in [3.05, 3.63) is 60.3 Å². The van der Waals surface area contributed by atoms with E-state index >= 15 is 0 Å². The summed E-state index contributed by atoms with van der Waals surface area (Å²) < 4.78 is 1.94. The molecule has 0 saturated heterocycles. The SMILES string of the molecule is C[n+]1ccccc1SC(=O)c1ccccc1.[Cl-]. The lowest BCUT2D eigenvalue weighted by atomic mass is 10.2. The molecule has 0 radical (unpaired) electrons. The molecule has 1 heterocycles. The van der Waals surface area contributed by atoms with Crippen molar-refractivity contribution in [2.24, 2.45) is 7.05 Å². The van der Waals surface area contributed by atoms with Crippen molar-refractivity contribution in [2.45, 2.75) is 5.03 Å². The van der Waals surface area contributed by atoms with Crippen LogP contribution in [0.3, 0.4) is 0 Å². The van der Waals surface area contributed by atoms with E-state index in [1.54, 1.807) is 0 Å². The number of hydrogen-bond donors (Lipinski definition) is 0. The van der Waals surface area contributed by atoms with Gasteiger partial charge in [-0.1, -0.05) is 30.3 Å². The predicted octanol–water partition coefficient (Wildman–Crippen LogP) is -0.552. The molecule has 2 nitrogen and oxygen atoms in total. The van der Waals surface area contributed by atoms with Gasteiger partial charge in [0.1, 0.15) is 7.05 Å². The molecule has 88 valence electrons. The Kier molecular flexibility index (Phi) is 5.19. The second-order valence-electron chi connectivity index (χ2n) is 3.41. The number of carbonyl (C=O) groups excluding carboxylic acids is 1. The zero-order valence-electron chi connectivity index (χ0n) is 9.34. The largest absolute Gasteiger partial charge is 1.00 e. The molecule has 0 amide bonds. The molecule has 0 fully saturated rings. The van der Waals surface area contributed by atoms with Gasteiger partial charge in [0.25, 0.3) is 0 Å². The Morgan fingerprint density at radius 3 is 2.35 bits per heavy atom. The number of hydrogen-bond acceptors (Lipinski definition) is 2. The number of aromatic nitrogens is 1. The van der Waals surface area contributed by atoms with Crippen LogP contribution in [0.4, 0.5) is 0 Å². The van der Waals surface area contributed by atoms with E-state index in [0.717, 1.165) is 10.6 Å². The Morgan fingerprint density at radius 1 is 1.06 bits per heavy atom. The van der Waals surface area contributed by atoms with Crippen molar-refractivity contribution in [1.29, 1.82) is 0 Å². The monoisotopic (exact) mass is 265 g/mol. The van der Waals surface area contributed by atoms with Gasteiger partial charge in [-0.3, -0.25) is 4.79 Å². The van der Waals surface area contributed by atoms with Crippen molar-refractivity contribution in [1.82, 2.24) is 0 Å². The molecule has 17 heavy (non-hydrogen) atoms. The minimum absolute atomic E-state index is 0. The number of halogens is 1. The molecular formula is C13H12ClNOS. The van der Waals surface area contributed by atoms with Crippen LogP contribution < -0.4 is 17.0 Å². The molecule has 2 rings (SSSR count). The Hall–Kier alpha value is -1.32. The minimum atomic E-state index is 0. The lowest BCUT2D eigenvalue weighted by molar-refractivity contribution is -0.708. The van der Waals surface area contributed by atoms with Gasteiger partial charge >= 0.3 is 0 Å². The number of rotatable bonds is 2. The smallest absolute Gasteiger partial charge is 0.247 e. The summed E-state index contributed by atoms with van der Waals surface area (Å²) in [7, 11) is 1.93. The number of thioether (sulfide) groups is 1. The topological polar surface area (TPSA) is 20.9 Å². The zero-order chi connectivity index (χ0) is 11.4. The Morgan fingerprint density at radius 2 is 1.71 bits per heavy atom. The number of aryl methyl sites for hydroxylation is 1. The van der Waals surface area contributed by atoms with E-state index in [-0.39, 0.29) is 17.5 Å². The van der Waals surface area contributed by atoms with Gasteiger partial charge in [0.05, 0.1) is 0 Å². The summed E-state index contributed by atoms with van der Waals surface area (Å²) in [6.07, 6.45) is 1.93. The Balaban J connectivity index is 0.00000144.